The van der Waals surface area contributed by atoms with Crippen molar-refractivity contribution >= 4 is 10.9 Å². The van der Waals surface area contributed by atoms with Gasteiger partial charge in [0.05, 0.1) is 6.10 Å². The van der Waals surface area contributed by atoms with Crippen molar-refractivity contribution in [1.82, 2.24) is 4.98 Å². The molecule has 1 aromatic heterocycles. The van der Waals surface area contributed by atoms with E-state index in [1.807, 2.05) is 6.07 Å². The van der Waals surface area contributed by atoms with Crippen LogP contribution in [0.3, 0.4) is 0 Å². The highest BCUT2D eigenvalue weighted by Crippen LogP contribution is 2.23. The second kappa shape index (κ2) is 3.14. The van der Waals surface area contributed by atoms with Crippen molar-refractivity contribution in [3.05, 3.63) is 35.0 Å². The van der Waals surface area contributed by atoms with E-state index < -0.39 is 6.10 Å². The lowest BCUT2D eigenvalue weighted by Crippen LogP contribution is -1.89. The summed E-state index contributed by atoms with van der Waals surface area (Å²) in [7, 11) is 0. The van der Waals surface area contributed by atoms with Crippen molar-refractivity contribution in [1.29, 1.82) is 0 Å². The van der Waals surface area contributed by atoms with E-state index in [0.29, 0.717) is 0 Å². The fraction of sp³-hybridized carbons (Fsp3) is 0.333. The average molecular weight is 189 g/mol. The van der Waals surface area contributed by atoms with E-state index in [2.05, 4.69) is 31.0 Å². The highest BCUT2D eigenvalue weighted by atomic mass is 16.3. The third-order valence-corrected chi connectivity index (χ3v) is 2.54. The molecule has 2 aromatic rings. The lowest BCUT2D eigenvalue weighted by Gasteiger charge is -1.99. The summed E-state index contributed by atoms with van der Waals surface area (Å²) >= 11 is 0. The minimum atomic E-state index is -0.429. The molecule has 14 heavy (non-hydrogen) atoms. The van der Waals surface area contributed by atoms with Gasteiger partial charge in [-0.2, -0.15) is 0 Å². The minimum absolute atomic E-state index is 0.429. The molecule has 0 aliphatic heterocycles. The number of aliphatic hydroxyl groups is 1. The molecule has 0 aliphatic carbocycles. The molecule has 1 atom stereocenters. The normalized spacial score (nSPS) is 13.4. The summed E-state index contributed by atoms with van der Waals surface area (Å²) in [6.45, 7) is 5.94. The molecule has 2 heteroatoms. The van der Waals surface area contributed by atoms with Crippen LogP contribution < -0.4 is 0 Å². The zero-order valence-electron chi connectivity index (χ0n) is 8.76. The van der Waals surface area contributed by atoms with E-state index >= 15 is 0 Å². The lowest BCUT2D eigenvalue weighted by molar-refractivity contribution is 0.195. The van der Waals surface area contributed by atoms with Gasteiger partial charge in [-0.1, -0.05) is 11.6 Å². The Balaban J connectivity index is 2.70. The quantitative estimate of drug-likeness (QED) is 0.711. The maximum absolute atomic E-state index is 9.45. The first-order chi connectivity index (χ1) is 6.58. The van der Waals surface area contributed by atoms with Crippen molar-refractivity contribution in [3.8, 4) is 0 Å². The third kappa shape index (κ3) is 1.42. The van der Waals surface area contributed by atoms with Crippen LogP contribution in [0.15, 0.2) is 18.2 Å². The molecule has 0 saturated carbocycles. The predicted octanol–water partition coefficient (Wildman–Crippen LogP) is 2.84. The molecule has 2 nitrogen and oxygen atoms in total. The molecule has 1 aromatic carbocycles. The summed E-state index contributed by atoms with van der Waals surface area (Å²) in [4.78, 5) is 3.24. The van der Waals surface area contributed by atoms with Crippen molar-refractivity contribution in [2.75, 3.05) is 0 Å². The van der Waals surface area contributed by atoms with Crippen LogP contribution in [0.2, 0.25) is 0 Å². The third-order valence-electron chi connectivity index (χ3n) is 2.54. The molecule has 0 radical (unpaired) electrons. The molecule has 1 unspecified atom stereocenters. The Hall–Kier alpha value is -1.28. The Morgan fingerprint density at radius 3 is 2.57 bits per heavy atom. The number of rotatable bonds is 1. The fourth-order valence-electron chi connectivity index (χ4n) is 1.86. The van der Waals surface area contributed by atoms with Gasteiger partial charge >= 0.3 is 0 Å². The van der Waals surface area contributed by atoms with Crippen LogP contribution in [0.25, 0.3) is 10.9 Å². The molecule has 2 N–H and O–H groups in total. The first-order valence-corrected chi connectivity index (χ1v) is 4.86. The smallest absolute Gasteiger partial charge is 0.0910 e. The minimum Gasteiger partial charge on any atom is -0.387 e. The SMILES string of the molecule is Cc1cc(C)c2[nH]c(C(C)O)cc2c1. The van der Waals surface area contributed by atoms with Gasteiger partial charge in [-0.3, -0.25) is 0 Å². The number of aromatic amines is 1. The van der Waals surface area contributed by atoms with Crippen LogP contribution in [0.5, 0.6) is 0 Å². The standard InChI is InChI=1S/C12H15NO/c1-7-4-8(2)12-10(5-7)6-11(13-12)9(3)14/h4-6,9,13-14H,1-3H3. The van der Waals surface area contributed by atoms with Crippen molar-refractivity contribution in [2.24, 2.45) is 0 Å². The molecule has 0 fully saturated rings. The topological polar surface area (TPSA) is 36.0 Å². The van der Waals surface area contributed by atoms with Gasteiger partial charge in [0.1, 0.15) is 0 Å². The van der Waals surface area contributed by atoms with E-state index in [-0.39, 0.29) is 0 Å². The summed E-state index contributed by atoms with van der Waals surface area (Å²) in [6.07, 6.45) is -0.429. The molecule has 2 rings (SSSR count). The van der Waals surface area contributed by atoms with Gasteiger partial charge in [-0.05, 0) is 38.5 Å². The summed E-state index contributed by atoms with van der Waals surface area (Å²) in [5.74, 6) is 0. The van der Waals surface area contributed by atoms with Crippen molar-refractivity contribution in [2.45, 2.75) is 26.9 Å². The average Bonchev–Trinajstić information content (AvgIpc) is 2.47. The van der Waals surface area contributed by atoms with E-state index in [1.165, 1.54) is 16.5 Å². The fourth-order valence-corrected chi connectivity index (χ4v) is 1.86. The van der Waals surface area contributed by atoms with E-state index in [0.717, 1.165) is 11.2 Å². The number of hydrogen-bond donors (Lipinski definition) is 2. The number of aromatic nitrogens is 1. The molecular formula is C12H15NO. The van der Waals surface area contributed by atoms with Crippen molar-refractivity contribution in [3.63, 3.8) is 0 Å². The van der Waals surface area contributed by atoms with Gasteiger partial charge in [0.2, 0.25) is 0 Å². The molecule has 0 spiro atoms. The maximum Gasteiger partial charge on any atom is 0.0910 e. The largest absolute Gasteiger partial charge is 0.387 e. The van der Waals surface area contributed by atoms with Gasteiger partial charge in [-0.25, -0.2) is 0 Å². The van der Waals surface area contributed by atoms with Crippen LogP contribution in [0.4, 0.5) is 0 Å². The monoisotopic (exact) mass is 189 g/mol. The first kappa shape index (κ1) is 9.28. The van der Waals surface area contributed by atoms with Crippen LogP contribution in [-0.4, -0.2) is 10.1 Å². The van der Waals surface area contributed by atoms with Gasteiger partial charge < -0.3 is 10.1 Å². The number of fused-ring (bicyclic) bond motifs is 1. The van der Waals surface area contributed by atoms with Crippen LogP contribution in [0.1, 0.15) is 29.8 Å². The Morgan fingerprint density at radius 1 is 1.21 bits per heavy atom. The van der Waals surface area contributed by atoms with Crippen LogP contribution in [-0.2, 0) is 0 Å². The van der Waals surface area contributed by atoms with E-state index in [4.69, 9.17) is 0 Å². The predicted molar refractivity (Wildman–Crippen MR) is 58.4 cm³/mol. The zero-order chi connectivity index (χ0) is 10.3. The molecule has 0 amide bonds. The van der Waals surface area contributed by atoms with Crippen LogP contribution >= 0.6 is 0 Å². The number of aliphatic hydroxyl groups excluding tert-OH is 1. The summed E-state index contributed by atoms with van der Waals surface area (Å²) < 4.78 is 0. The van der Waals surface area contributed by atoms with E-state index in [1.54, 1.807) is 6.92 Å². The number of benzene rings is 1. The highest BCUT2D eigenvalue weighted by molar-refractivity contribution is 5.84. The summed E-state index contributed by atoms with van der Waals surface area (Å²) in [5, 5.41) is 10.6. The lowest BCUT2D eigenvalue weighted by atomic mass is 10.1. The van der Waals surface area contributed by atoms with Gasteiger partial charge in [0.25, 0.3) is 0 Å². The Kier molecular flexibility index (Phi) is 2.08. The highest BCUT2D eigenvalue weighted by Gasteiger charge is 2.07. The Labute approximate surface area is 83.6 Å². The molecule has 1 heterocycles. The van der Waals surface area contributed by atoms with Gasteiger partial charge in [0, 0.05) is 16.6 Å². The van der Waals surface area contributed by atoms with Gasteiger partial charge in [-0.15, -0.1) is 0 Å². The first-order valence-electron chi connectivity index (χ1n) is 4.86. The Morgan fingerprint density at radius 2 is 1.93 bits per heavy atom. The number of nitrogens with one attached hydrogen (secondary N) is 1. The molecular weight excluding hydrogens is 174 g/mol. The van der Waals surface area contributed by atoms with Crippen molar-refractivity contribution < 1.29 is 5.11 Å². The Bertz CT molecular complexity index is 468. The zero-order valence-corrected chi connectivity index (χ0v) is 8.76. The van der Waals surface area contributed by atoms with Gasteiger partial charge in [0.15, 0.2) is 0 Å². The second-order valence-electron chi connectivity index (χ2n) is 3.95. The molecule has 0 aliphatic rings. The number of hydrogen-bond acceptors (Lipinski definition) is 1. The number of aryl methyl sites for hydroxylation is 2. The molecule has 0 saturated heterocycles. The molecule has 0 bridgehead atoms. The van der Waals surface area contributed by atoms with Crippen LogP contribution in [0, 0.1) is 13.8 Å². The summed E-state index contributed by atoms with van der Waals surface area (Å²) in [6, 6.07) is 6.29. The van der Waals surface area contributed by atoms with E-state index in [9.17, 15) is 5.11 Å². The molecule has 74 valence electrons. The summed E-state index contributed by atoms with van der Waals surface area (Å²) in [5.41, 5.74) is 4.50. The maximum atomic E-state index is 9.45. The second-order valence-corrected chi connectivity index (χ2v) is 3.95. The number of H-pyrrole nitrogens is 1.